The molecule has 1 N–H and O–H groups in total. The van der Waals surface area contributed by atoms with Gasteiger partial charge in [0, 0.05) is 30.0 Å². The lowest BCUT2D eigenvalue weighted by Gasteiger charge is -2.13. The summed E-state index contributed by atoms with van der Waals surface area (Å²) >= 11 is 7.36. The molecule has 0 radical (unpaired) electrons. The van der Waals surface area contributed by atoms with E-state index in [0.717, 1.165) is 10.7 Å². The van der Waals surface area contributed by atoms with Gasteiger partial charge in [0.25, 0.3) is 0 Å². The SMILES string of the molecule is C[C@H](Sc1nccn1C1CC1)C(=O)NCc1ccc(Cl)cc1. The monoisotopic (exact) mass is 335 g/mol. The van der Waals surface area contributed by atoms with Gasteiger partial charge in [-0.2, -0.15) is 0 Å². The number of halogens is 1. The van der Waals surface area contributed by atoms with Gasteiger partial charge in [0.2, 0.25) is 5.91 Å². The van der Waals surface area contributed by atoms with E-state index in [1.54, 1.807) is 6.20 Å². The molecule has 22 heavy (non-hydrogen) atoms. The highest BCUT2D eigenvalue weighted by Crippen LogP contribution is 2.38. The zero-order chi connectivity index (χ0) is 15.5. The van der Waals surface area contributed by atoms with Crippen LogP contribution in [-0.4, -0.2) is 20.7 Å². The summed E-state index contributed by atoms with van der Waals surface area (Å²) in [4.78, 5) is 16.6. The van der Waals surface area contributed by atoms with E-state index in [4.69, 9.17) is 11.6 Å². The molecule has 0 saturated heterocycles. The van der Waals surface area contributed by atoms with Crippen molar-refractivity contribution in [1.29, 1.82) is 0 Å². The number of hydrogen-bond donors (Lipinski definition) is 1. The van der Waals surface area contributed by atoms with E-state index in [1.165, 1.54) is 24.6 Å². The molecule has 0 unspecified atom stereocenters. The van der Waals surface area contributed by atoms with Crippen LogP contribution in [0.15, 0.2) is 41.8 Å². The molecule has 1 aliphatic carbocycles. The molecule has 1 saturated carbocycles. The molecule has 0 bridgehead atoms. The number of benzene rings is 1. The van der Waals surface area contributed by atoms with Gasteiger partial charge in [0.1, 0.15) is 0 Å². The van der Waals surface area contributed by atoms with Crippen molar-refractivity contribution < 1.29 is 4.79 Å². The minimum Gasteiger partial charge on any atom is -0.351 e. The number of rotatable bonds is 6. The average molecular weight is 336 g/mol. The van der Waals surface area contributed by atoms with E-state index in [1.807, 2.05) is 37.4 Å². The third kappa shape index (κ3) is 3.84. The number of amides is 1. The van der Waals surface area contributed by atoms with E-state index in [-0.39, 0.29) is 11.2 Å². The van der Waals surface area contributed by atoms with Gasteiger partial charge >= 0.3 is 0 Å². The predicted octanol–water partition coefficient (Wildman–Crippen LogP) is 3.67. The van der Waals surface area contributed by atoms with E-state index in [0.29, 0.717) is 17.6 Å². The van der Waals surface area contributed by atoms with Gasteiger partial charge in [-0.05, 0) is 37.5 Å². The molecular weight excluding hydrogens is 318 g/mol. The van der Waals surface area contributed by atoms with Crippen LogP contribution in [0.25, 0.3) is 0 Å². The zero-order valence-corrected chi connectivity index (χ0v) is 13.9. The number of nitrogens with zero attached hydrogens (tertiary/aromatic N) is 2. The topological polar surface area (TPSA) is 46.9 Å². The first-order valence-corrected chi connectivity index (χ1v) is 8.61. The van der Waals surface area contributed by atoms with Crippen molar-refractivity contribution >= 4 is 29.3 Å². The molecule has 1 amide bonds. The first kappa shape index (κ1) is 15.4. The molecular formula is C16H18ClN3OS. The summed E-state index contributed by atoms with van der Waals surface area (Å²) in [5.41, 5.74) is 1.04. The Labute approximate surface area is 139 Å². The Morgan fingerprint density at radius 2 is 2.18 bits per heavy atom. The highest BCUT2D eigenvalue weighted by atomic mass is 35.5. The van der Waals surface area contributed by atoms with Crippen LogP contribution in [0.5, 0.6) is 0 Å². The fourth-order valence-electron chi connectivity index (χ4n) is 2.17. The standard InChI is InChI=1S/C16H18ClN3OS/c1-11(22-16-18-8-9-20(16)14-6-7-14)15(21)19-10-12-2-4-13(17)5-3-12/h2-5,8-9,11,14H,6-7,10H2,1H3,(H,19,21)/t11-/m0/s1. The Bertz CT molecular complexity index is 652. The lowest BCUT2D eigenvalue weighted by atomic mass is 10.2. The van der Waals surface area contributed by atoms with Crippen molar-refractivity contribution in [3.8, 4) is 0 Å². The first-order valence-electron chi connectivity index (χ1n) is 7.35. The molecule has 116 valence electrons. The molecule has 4 nitrogen and oxygen atoms in total. The number of nitrogens with one attached hydrogen (secondary N) is 1. The zero-order valence-electron chi connectivity index (χ0n) is 12.3. The van der Waals surface area contributed by atoms with Crippen LogP contribution in [0.3, 0.4) is 0 Å². The average Bonchev–Trinajstić information content (AvgIpc) is 3.26. The molecule has 1 fully saturated rings. The smallest absolute Gasteiger partial charge is 0.233 e. The van der Waals surface area contributed by atoms with Crippen molar-refractivity contribution in [3.05, 3.63) is 47.2 Å². The van der Waals surface area contributed by atoms with Gasteiger partial charge in [-0.3, -0.25) is 4.79 Å². The van der Waals surface area contributed by atoms with Gasteiger partial charge < -0.3 is 9.88 Å². The van der Waals surface area contributed by atoms with Crippen LogP contribution in [-0.2, 0) is 11.3 Å². The summed E-state index contributed by atoms with van der Waals surface area (Å²) < 4.78 is 2.17. The van der Waals surface area contributed by atoms with Crippen LogP contribution in [0.1, 0.15) is 31.4 Å². The molecule has 6 heteroatoms. The fraction of sp³-hybridized carbons (Fsp3) is 0.375. The molecule has 2 aromatic rings. The van der Waals surface area contributed by atoms with Crippen LogP contribution in [0.4, 0.5) is 0 Å². The second-order valence-corrected chi connectivity index (χ2v) is 7.20. The number of thioether (sulfide) groups is 1. The second-order valence-electron chi connectivity index (χ2n) is 5.45. The highest BCUT2D eigenvalue weighted by molar-refractivity contribution is 8.00. The van der Waals surface area contributed by atoms with Crippen molar-refractivity contribution in [3.63, 3.8) is 0 Å². The van der Waals surface area contributed by atoms with Gasteiger partial charge in [-0.15, -0.1) is 0 Å². The predicted molar refractivity (Wildman–Crippen MR) is 89.1 cm³/mol. The maximum Gasteiger partial charge on any atom is 0.233 e. The summed E-state index contributed by atoms with van der Waals surface area (Å²) in [7, 11) is 0. The second kappa shape index (κ2) is 6.75. The molecule has 0 spiro atoms. The molecule has 1 heterocycles. The molecule has 1 aromatic carbocycles. The lowest BCUT2D eigenvalue weighted by Crippen LogP contribution is -2.30. The Morgan fingerprint density at radius 3 is 2.86 bits per heavy atom. The Balaban J connectivity index is 1.53. The molecule has 1 atom stereocenters. The minimum atomic E-state index is -0.174. The van der Waals surface area contributed by atoms with Crippen molar-refractivity contribution in [2.45, 2.75) is 42.8 Å². The summed E-state index contributed by atoms with van der Waals surface area (Å²) in [5, 5.41) is 4.41. The summed E-state index contributed by atoms with van der Waals surface area (Å²) in [5.74, 6) is 0.0188. The first-order chi connectivity index (χ1) is 10.6. The van der Waals surface area contributed by atoms with E-state index < -0.39 is 0 Å². The Kier molecular flexibility index (Phi) is 4.74. The third-order valence-electron chi connectivity index (χ3n) is 3.60. The largest absolute Gasteiger partial charge is 0.351 e. The maximum atomic E-state index is 12.2. The summed E-state index contributed by atoms with van der Waals surface area (Å²) in [6.45, 7) is 2.42. The minimum absolute atomic E-state index is 0.0188. The van der Waals surface area contributed by atoms with E-state index >= 15 is 0 Å². The van der Waals surface area contributed by atoms with Crippen LogP contribution in [0.2, 0.25) is 5.02 Å². The molecule has 0 aliphatic heterocycles. The Morgan fingerprint density at radius 1 is 1.45 bits per heavy atom. The van der Waals surface area contributed by atoms with Crippen molar-refractivity contribution in [2.75, 3.05) is 0 Å². The van der Waals surface area contributed by atoms with Crippen LogP contribution < -0.4 is 5.32 Å². The maximum absolute atomic E-state index is 12.2. The summed E-state index contributed by atoms with van der Waals surface area (Å²) in [6.07, 6.45) is 6.22. The third-order valence-corrected chi connectivity index (χ3v) is 4.95. The normalized spacial score (nSPS) is 15.5. The Hall–Kier alpha value is -1.46. The molecule has 1 aliphatic rings. The molecule has 3 rings (SSSR count). The van der Waals surface area contributed by atoms with Crippen LogP contribution in [0, 0.1) is 0 Å². The lowest BCUT2D eigenvalue weighted by molar-refractivity contribution is -0.120. The van der Waals surface area contributed by atoms with E-state index in [2.05, 4.69) is 14.9 Å². The quantitative estimate of drug-likeness (QED) is 0.819. The van der Waals surface area contributed by atoms with E-state index in [9.17, 15) is 4.79 Å². The van der Waals surface area contributed by atoms with Gasteiger partial charge in [0.15, 0.2) is 5.16 Å². The van der Waals surface area contributed by atoms with Gasteiger partial charge in [0.05, 0.1) is 5.25 Å². The fourth-order valence-corrected chi connectivity index (χ4v) is 3.25. The summed E-state index contributed by atoms with van der Waals surface area (Å²) in [6, 6.07) is 8.07. The van der Waals surface area contributed by atoms with Crippen LogP contribution >= 0.6 is 23.4 Å². The number of imidazole rings is 1. The van der Waals surface area contributed by atoms with Gasteiger partial charge in [-0.25, -0.2) is 4.98 Å². The van der Waals surface area contributed by atoms with Gasteiger partial charge in [-0.1, -0.05) is 35.5 Å². The number of hydrogen-bond acceptors (Lipinski definition) is 3. The molecule has 1 aromatic heterocycles. The number of carbonyl (C=O) groups is 1. The number of aromatic nitrogens is 2. The van der Waals surface area contributed by atoms with Crippen molar-refractivity contribution in [1.82, 2.24) is 14.9 Å². The number of carbonyl (C=O) groups excluding carboxylic acids is 1. The highest BCUT2D eigenvalue weighted by Gasteiger charge is 2.27. The van der Waals surface area contributed by atoms with Crippen molar-refractivity contribution in [2.24, 2.45) is 0 Å².